The van der Waals surface area contributed by atoms with Gasteiger partial charge in [-0.05, 0) is 19.3 Å². The van der Waals surface area contributed by atoms with Crippen LogP contribution >= 0.6 is 11.6 Å². The van der Waals surface area contributed by atoms with Crippen molar-refractivity contribution in [1.29, 1.82) is 0 Å². The molecule has 3 heteroatoms. The Labute approximate surface area is 103 Å². The molecule has 0 spiro atoms. The minimum Gasteiger partial charge on any atom is -0.481 e. The van der Waals surface area contributed by atoms with E-state index in [1.54, 1.807) is 0 Å². The summed E-state index contributed by atoms with van der Waals surface area (Å²) in [6, 6.07) is 0. The minimum atomic E-state index is -0.739. The molecule has 0 fully saturated rings. The first kappa shape index (κ1) is 15.3. The van der Waals surface area contributed by atoms with E-state index in [-0.39, 0.29) is 11.8 Å². The largest absolute Gasteiger partial charge is 0.481 e. The van der Waals surface area contributed by atoms with Crippen molar-refractivity contribution in [3.05, 3.63) is 0 Å². The molecule has 1 unspecified atom stereocenters. The lowest BCUT2D eigenvalue weighted by molar-refractivity contribution is -0.137. The molecule has 0 radical (unpaired) electrons. The van der Waals surface area contributed by atoms with Gasteiger partial charge in [0.25, 0.3) is 0 Å². The van der Waals surface area contributed by atoms with Crippen molar-refractivity contribution in [2.45, 2.75) is 63.7 Å². The summed E-state index contributed by atoms with van der Waals surface area (Å²) in [5.41, 5.74) is 0. The Kier molecular flexibility index (Phi) is 10.4. The van der Waals surface area contributed by atoms with Crippen molar-refractivity contribution in [3.63, 3.8) is 0 Å². The maximum Gasteiger partial charge on any atom is 0.303 e. The second kappa shape index (κ2) is 10.8. The number of hydrogen-bond acceptors (Lipinski definition) is 1. The molecular formula is C13H21ClO2. The lowest BCUT2D eigenvalue weighted by Crippen LogP contribution is -1.97. The van der Waals surface area contributed by atoms with Gasteiger partial charge in [0.15, 0.2) is 0 Å². The van der Waals surface area contributed by atoms with Gasteiger partial charge in [-0.1, -0.05) is 32.1 Å². The van der Waals surface area contributed by atoms with Crippen molar-refractivity contribution in [2.75, 3.05) is 0 Å². The summed E-state index contributed by atoms with van der Waals surface area (Å²) in [4.78, 5) is 10.3. The molecule has 2 nitrogen and oxygen atoms in total. The zero-order chi connectivity index (χ0) is 12.2. The smallest absolute Gasteiger partial charge is 0.303 e. The molecule has 0 aromatic rings. The quantitative estimate of drug-likeness (QED) is 0.400. The summed E-state index contributed by atoms with van der Waals surface area (Å²) < 4.78 is 0. The Bertz CT molecular complexity index is 240. The van der Waals surface area contributed by atoms with Crippen LogP contribution in [0, 0.1) is 11.8 Å². The van der Waals surface area contributed by atoms with Crippen LogP contribution in [-0.4, -0.2) is 16.5 Å². The predicted molar refractivity (Wildman–Crippen MR) is 67.7 cm³/mol. The minimum absolute atomic E-state index is 0.115. The molecule has 0 bridgehead atoms. The summed E-state index contributed by atoms with van der Waals surface area (Å²) in [5, 5.41) is 8.33. The molecule has 92 valence electrons. The summed E-state index contributed by atoms with van der Waals surface area (Å²) in [7, 11) is 0. The second-order valence-electron chi connectivity index (χ2n) is 3.89. The molecule has 0 heterocycles. The third-order valence-electron chi connectivity index (χ3n) is 2.26. The van der Waals surface area contributed by atoms with Crippen LogP contribution in [0.15, 0.2) is 0 Å². The first-order valence-electron chi connectivity index (χ1n) is 6.01. The van der Waals surface area contributed by atoms with Crippen molar-refractivity contribution in [1.82, 2.24) is 0 Å². The highest BCUT2D eigenvalue weighted by atomic mass is 35.5. The van der Waals surface area contributed by atoms with Gasteiger partial charge in [-0.25, -0.2) is 0 Å². The van der Waals surface area contributed by atoms with E-state index in [0.717, 1.165) is 25.7 Å². The van der Waals surface area contributed by atoms with E-state index in [2.05, 4.69) is 18.8 Å². The summed E-state index contributed by atoms with van der Waals surface area (Å²) in [6.07, 6.45) is 7.04. The zero-order valence-electron chi connectivity index (χ0n) is 9.97. The van der Waals surface area contributed by atoms with E-state index in [0.29, 0.717) is 6.42 Å². The number of alkyl halides is 1. The summed E-state index contributed by atoms with van der Waals surface area (Å²) in [5.74, 6) is 5.33. The standard InChI is InChI=1S/C13H21ClO2/c1-2-3-4-5-6-9-12(14)10-7-8-11-13(15)16/h12H,2-5,7-8,10-11H2,1H3,(H,15,16). The van der Waals surface area contributed by atoms with E-state index in [1.165, 1.54) is 12.8 Å². The number of carboxylic acid groups (broad SMARTS) is 1. The van der Waals surface area contributed by atoms with Crippen LogP contribution in [0.25, 0.3) is 0 Å². The second-order valence-corrected chi connectivity index (χ2v) is 4.41. The van der Waals surface area contributed by atoms with Gasteiger partial charge in [-0.15, -0.1) is 17.5 Å². The van der Waals surface area contributed by atoms with Crippen molar-refractivity contribution in [3.8, 4) is 11.8 Å². The highest BCUT2D eigenvalue weighted by Gasteiger charge is 2.01. The third kappa shape index (κ3) is 11.4. The SMILES string of the molecule is CCCCCC#CC(Cl)CCCCC(=O)O. The molecule has 1 N–H and O–H groups in total. The van der Waals surface area contributed by atoms with Crippen LogP contribution in [0.1, 0.15) is 58.3 Å². The van der Waals surface area contributed by atoms with Crippen LogP contribution in [0.5, 0.6) is 0 Å². The van der Waals surface area contributed by atoms with E-state index in [1.807, 2.05) is 0 Å². The van der Waals surface area contributed by atoms with E-state index in [9.17, 15) is 4.79 Å². The topological polar surface area (TPSA) is 37.3 Å². The number of aliphatic carboxylic acids is 1. The normalized spacial score (nSPS) is 11.6. The lowest BCUT2D eigenvalue weighted by Gasteiger charge is -2.00. The van der Waals surface area contributed by atoms with E-state index in [4.69, 9.17) is 16.7 Å². The lowest BCUT2D eigenvalue weighted by atomic mass is 10.1. The molecule has 0 aliphatic carbocycles. The van der Waals surface area contributed by atoms with Gasteiger partial charge in [-0.2, -0.15) is 0 Å². The van der Waals surface area contributed by atoms with Crippen LogP contribution < -0.4 is 0 Å². The molecule has 0 aliphatic heterocycles. The van der Waals surface area contributed by atoms with Gasteiger partial charge >= 0.3 is 5.97 Å². The molecule has 16 heavy (non-hydrogen) atoms. The zero-order valence-corrected chi connectivity index (χ0v) is 10.7. The van der Waals surface area contributed by atoms with E-state index < -0.39 is 5.97 Å². The number of halogens is 1. The maximum atomic E-state index is 10.3. The summed E-state index contributed by atoms with van der Waals surface area (Å²) >= 11 is 5.99. The molecule has 0 saturated carbocycles. The van der Waals surface area contributed by atoms with Crippen molar-refractivity contribution < 1.29 is 9.90 Å². The number of hydrogen-bond donors (Lipinski definition) is 1. The highest BCUT2D eigenvalue weighted by Crippen LogP contribution is 2.08. The number of carbonyl (C=O) groups is 1. The number of unbranched alkanes of at least 4 members (excludes halogenated alkanes) is 4. The van der Waals surface area contributed by atoms with Gasteiger partial charge in [0, 0.05) is 12.8 Å². The number of carboxylic acids is 1. The Morgan fingerprint density at radius 2 is 2.06 bits per heavy atom. The molecule has 0 aromatic heterocycles. The fourth-order valence-corrected chi connectivity index (χ4v) is 1.55. The Hall–Kier alpha value is -0.680. The Morgan fingerprint density at radius 1 is 1.31 bits per heavy atom. The number of rotatable bonds is 8. The fraction of sp³-hybridized carbons (Fsp3) is 0.769. The van der Waals surface area contributed by atoms with Gasteiger partial charge in [0.05, 0.1) is 5.38 Å². The first-order chi connectivity index (χ1) is 7.66. The van der Waals surface area contributed by atoms with Gasteiger partial charge in [0.2, 0.25) is 0 Å². The highest BCUT2D eigenvalue weighted by molar-refractivity contribution is 6.22. The van der Waals surface area contributed by atoms with Crippen LogP contribution in [0.3, 0.4) is 0 Å². The van der Waals surface area contributed by atoms with Crippen molar-refractivity contribution in [2.24, 2.45) is 0 Å². The fourth-order valence-electron chi connectivity index (χ4n) is 1.32. The van der Waals surface area contributed by atoms with Crippen LogP contribution in [0.2, 0.25) is 0 Å². The van der Waals surface area contributed by atoms with E-state index >= 15 is 0 Å². The summed E-state index contributed by atoms with van der Waals surface area (Å²) in [6.45, 7) is 2.17. The molecule has 0 rings (SSSR count). The first-order valence-corrected chi connectivity index (χ1v) is 6.44. The Balaban J connectivity index is 3.42. The molecule has 0 amide bonds. The Morgan fingerprint density at radius 3 is 2.69 bits per heavy atom. The third-order valence-corrected chi connectivity index (χ3v) is 2.59. The van der Waals surface area contributed by atoms with Gasteiger partial charge < -0.3 is 5.11 Å². The molecule has 0 aromatic carbocycles. The van der Waals surface area contributed by atoms with Gasteiger partial charge in [0.1, 0.15) is 0 Å². The predicted octanol–water partition coefficient (Wildman–Crippen LogP) is 3.82. The molecular weight excluding hydrogens is 224 g/mol. The van der Waals surface area contributed by atoms with Crippen molar-refractivity contribution >= 4 is 17.6 Å². The van der Waals surface area contributed by atoms with Crippen LogP contribution in [-0.2, 0) is 4.79 Å². The average Bonchev–Trinajstić information content (AvgIpc) is 2.24. The molecule has 1 atom stereocenters. The maximum absolute atomic E-state index is 10.3. The monoisotopic (exact) mass is 244 g/mol. The van der Waals surface area contributed by atoms with Gasteiger partial charge in [-0.3, -0.25) is 4.79 Å². The molecule has 0 saturated heterocycles. The average molecular weight is 245 g/mol. The molecule has 0 aliphatic rings. The van der Waals surface area contributed by atoms with Crippen LogP contribution in [0.4, 0.5) is 0 Å².